The first-order valence-corrected chi connectivity index (χ1v) is 7.08. The molecule has 6 heteroatoms. The van der Waals surface area contributed by atoms with Crippen LogP contribution in [0.1, 0.15) is 13.8 Å². The fourth-order valence-electron chi connectivity index (χ4n) is 1.34. The first-order valence-electron chi connectivity index (χ1n) is 5.58. The van der Waals surface area contributed by atoms with E-state index in [2.05, 4.69) is 29.8 Å². The first-order chi connectivity index (χ1) is 8.45. The molecule has 0 amide bonds. The second kappa shape index (κ2) is 6.95. The van der Waals surface area contributed by atoms with Crippen LogP contribution in [0.2, 0.25) is 5.02 Å². The lowest BCUT2D eigenvalue weighted by atomic mass is 9.99. The SMILES string of the molecule is CC(C)C(CBr)COc1ccc([N+](=O)[O-])c(Cl)c1. The fraction of sp³-hybridized carbons (Fsp3) is 0.500. The molecule has 1 unspecified atom stereocenters. The summed E-state index contributed by atoms with van der Waals surface area (Å²) in [6.07, 6.45) is 0. The summed E-state index contributed by atoms with van der Waals surface area (Å²) in [5, 5.41) is 11.6. The molecule has 1 aromatic rings. The molecule has 1 atom stereocenters. The van der Waals surface area contributed by atoms with Gasteiger partial charge in [-0.2, -0.15) is 0 Å². The molecule has 100 valence electrons. The smallest absolute Gasteiger partial charge is 0.288 e. The molecule has 0 saturated heterocycles. The third kappa shape index (κ3) is 4.14. The Labute approximate surface area is 120 Å². The maximum absolute atomic E-state index is 10.6. The van der Waals surface area contributed by atoms with Crippen LogP contribution in [0, 0.1) is 22.0 Å². The third-order valence-electron chi connectivity index (χ3n) is 2.72. The van der Waals surface area contributed by atoms with Crippen molar-refractivity contribution in [3.63, 3.8) is 0 Å². The van der Waals surface area contributed by atoms with Gasteiger partial charge in [-0.05, 0) is 12.0 Å². The van der Waals surface area contributed by atoms with Crippen molar-refractivity contribution in [2.24, 2.45) is 11.8 Å². The fourth-order valence-corrected chi connectivity index (χ4v) is 2.52. The van der Waals surface area contributed by atoms with Crippen LogP contribution in [0.15, 0.2) is 18.2 Å². The highest BCUT2D eigenvalue weighted by molar-refractivity contribution is 9.09. The Hall–Kier alpha value is -0.810. The summed E-state index contributed by atoms with van der Waals surface area (Å²) >= 11 is 9.24. The molecule has 0 spiro atoms. The molecular weight excluding hydrogens is 321 g/mol. The standard InChI is InChI=1S/C12H15BrClNO3/c1-8(2)9(6-13)7-18-10-3-4-12(15(16)17)11(14)5-10/h3-5,8-9H,6-7H2,1-2H3. The zero-order valence-electron chi connectivity index (χ0n) is 10.2. The van der Waals surface area contributed by atoms with Crippen molar-refractivity contribution in [1.82, 2.24) is 0 Å². The van der Waals surface area contributed by atoms with Gasteiger partial charge in [-0.1, -0.05) is 41.4 Å². The number of hydrogen-bond donors (Lipinski definition) is 0. The van der Waals surface area contributed by atoms with Gasteiger partial charge in [0.2, 0.25) is 0 Å². The second-order valence-corrected chi connectivity index (χ2v) is 5.39. The summed E-state index contributed by atoms with van der Waals surface area (Å²) in [5.74, 6) is 1.44. The van der Waals surface area contributed by atoms with Crippen LogP contribution in [0.4, 0.5) is 5.69 Å². The van der Waals surface area contributed by atoms with E-state index in [0.29, 0.717) is 24.2 Å². The average molecular weight is 337 g/mol. The van der Waals surface area contributed by atoms with Crippen LogP contribution >= 0.6 is 27.5 Å². The highest BCUT2D eigenvalue weighted by Gasteiger charge is 2.15. The van der Waals surface area contributed by atoms with Crippen molar-refractivity contribution < 1.29 is 9.66 Å². The molecule has 0 bridgehead atoms. The van der Waals surface area contributed by atoms with Crippen molar-refractivity contribution in [2.75, 3.05) is 11.9 Å². The van der Waals surface area contributed by atoms with E-state index < -0.39 is 4.92 Å². The van der Waals surface area contributed by atoms with Crippen LogP contribution in [0.25, 0.3) is 0 Å². The molecule has 18 heavy (non-hydrogen) atoms. The third-order valence-corrected chi connectivity index (χ3v) is 3.86. The molecular formula is C12H15BrClNO3. The van der Waals surface area contributed by atoms with Crippen molar-refractivity contribution in [2.45, 2.75) is 13.8 Å². The van der Waals surface area contributed by atoms with Gasteiger partial charge in [-0.15, -0.1) is 0 Å². The zero-order chi connectivity index (χ0) is 13.7. The summed E-state index contributed by atoms with van der Waals surface area (Å²) in [5.41, 5.74) is -0.107. The Kier molecular flexibility index (Phi) is 5.88. The minimum atomic E-state index is -0.512. The molecule has 0 N–H and O–H groups in total. The van der Waals surface area contributed by atoms with Gasteiger partial charge >= 0.3 is 0 Å². The largest absolute Gasteiger partial charge is 0.493 e. The van der Waals surface area contributed by atoms with Gasteiger partial charge in [0.05, 0.1) is 11.5 Å². The Morgan fingerprint density at radius 2 is 2.17 bits per heavy atom. The molecule has 0 fully saturated rings. The minimum Gasteiger partial charge on any atom is -0.493 e. The van der Waals surface area contributed by atoms with E-state index in [-0.39, 0.29) is 10.7 Å². The summed E-state index contributed by atoms with van der Waals surface area (Å²) in [7, 11) is 0. The second-order valence-electron chi connectivity index (χ2n) is 4.34. The summed E-state index contributed by atoms with van der Waals surface area (Å²) < 4.78 is 5.60. The van der Waals surface area contributed by atoms with Crippen molar-refractivity contribution in [3.8, 4) is 5.75 Å². The zero-order valence-corrected chi connectivity index (χ0v) is 12.6. The van der Waals surface area contributed by atoms with E-state index in [9.17, 15) is 10.1 Å². The number of nitro benzene ring substituents is 1. The molecule has 1 rings (SSSR count). The van der Waals surface area contributed by atoms with E-state index >= 15 is 0 Å². The van der Waals surface area contributed by atoms with E-state index in [4.69, 9.17) is 16.3 Å². The van der Waals surface area contributed by atoms with Gasteiger partial charge in [0.1, 0.15) is 10.8 Å². The van der Waals surface area contributed by atoms with Gasteiger partial charge in [0.15, 0.2) is 0 Å². The van der Waals surface area contributed by atoms with Gasteiger partial charge in [0.25, 0.3) is 5.69 Å². The van der Waals surface area contributed by atoms with Crippen molar-refractivity contribution >= 4 is 33.2 Å². The molecule has 0 heterocycles. The number of halogens is 2. The number of alkyl halides is 1. The lowest BCUT2D eigenvalue weighted by Gasteiger charge is -2.18. The predicted molar refractivity (Wildman–Crippen MR) is 75.7 cm³/mol. The van der Waals surface area contributed by atoms with Gasteiger partial charge in [0, 0.05) is 23.4 Å². The Bertz CT molecular complexity index is 426. The highest BCUT2D eigenvalue weighted by atomic mass is 79.9. The number of hydrogen-bond acceptors (Lipinski definition) is 3. The van der Waals surface area contributed by atoms with Crippen LogP contribution in [0.5, 0.6) is 5.75 Å². The number of nitrogens with zero attached hydrogens (tertiary/aromatic N) is 1. The van der Waals surface area contributed by atoms with Crippen LogP contribution in [-0.4, -0.2) is 16.9 Å². The Balaban J connectivity index is 2.69. The van der Waals surface area contributed by atoms with E-state index in [1.807, 2.05) is 0 Å². The highest BCUT2D eigenvalue weighted by Crippen LogP contribution is 2.28. The topological polar surface area (TPSA) is 52.4 Å². The van der Waals surface area contributed by atoms with E-state index in [1.54, 1.807) is 6.07 Å². The summed E-state index contributed by atoms with van der Waals surface area (Å²) in [6.45, 7) is 4.80. The maximum atomic E-state index is 10.6. The number of ether oxygens (including phenoxy) is 1. The van der Waals surface area contributed by atoms with Crippen LogP contribution in [0.3, 0.4) is 0 Å². The molecule has 0 aromatic heterocycles. The molecule has 1 aromatic carbocycles. The van der Waals surface area contributed by atoms with Crippen molar-refractivity contribution in [1.29, 1.82) is 0 Å². The quantitative estimate of drug-likeness (QED) is 0.442. The number of benzene rings is 1. The lowest BCUT2D eigenvalue weighted by molar-refractivity contribution is -0.384. The lowest BCUT2D eigenvalue weighted by Crippen LogP contribution is -2.19. The summed E-state index contributed by atoms with van der Waals surface area (Å²) in [6, 6.07) is 4.40. The average Bonchev–Trinajstić information content (AvgIpc) is 2.28. The molecule has 0 saturated carbocycles. The summed E-state index contributed by atoms with van der Waals surface area (Å²) in [4.78, 5) is 10.1. The van der Waals surface area contributed by atoms with Crippen LogP contribution < -0.4 is 4.74 Å². The molecule has 0 aliphatic carbocycles. The monoisotopic (exact) mass is 335 g/mol. The number of nitro groups is 1. The van der Waals surface area contributed by atoms with Gasteiger partial charge in [-0.3, -0.25) is 10.1 Å². The molecule has 0 aliphatic heterocycles. The van der Waals surface area contributed by atoms with Crippen LogP contribution in [-0.2, 0) is 0 Å². The minimum absolute atomic E-state index is 0.0949. The normalized spacial score (nSPS) is 12.5. The first kappa shape index (κ1) is 15.2. The molecule has 0 aliphatic rings. The Morgan fingerprint density at radius 1 is 1.50 bits per heavy atom. The number of rotatable bonds is 6. The van der Waals surface area contributed by atoms with E-state index in [1.165, 1.54) is 12.1 Å². The molecule has 0 radical (unpaired) electrons. The van der Waals surface area contributed by atoms with Gasteiger partial charge in [-0.25, -0.2) is 0 Å². The molecule has 4 nitrogen and oxygen atoms in total. The predicted octanol–water partition coefficient (Wildman–Crippen LogP) is 4.29. The van der Waals surface area contributed by atoms with Gasteiger partial charge < -0.3 is 4.74 Å². The van der Waals surface area contributed by atoms with E-state index in [0.717, 1.165) is 5.33 Å². The van der Waals surface area contributed by atoms with Crippen molar-refractivity contribution in [3.05, 3.63) is 33.3 Å². The maximum Gasteiger partial charge on any atom is 0.288 e. The Morgan fingerprint density at radius 3 is 2.61 bits per heavy atom.